The van der Waals surface area contributed by atoms with Gasteiger partial charge in [-0.3, -0.25) is 4.99 Å². The number of nitrogens with zero attached hydrogens (tertiary/aromatic N) is 1. The SMILES string of the molecule is CN=C(NCCC1=CCOCC1)NCC(C)Oc1cccc(F)c1. The van der Waals surface area contributed by atoms with Crippen molar-refractivity contribution in [3.8, 4) is 5.75 Å². The van der Waals surface area contributed by atoms with E-state index in [1.807, 2.05) is 6.92 Å². The maximum absolute atomic E-state index is 13.1. The fourth-order valence-electron chi connectivity index (χ4n) is 2.41. The van der Waals surface area contributed by atoms with Crippen LogP contribution in [-0.2, 0) is 4.74 Å². The zero-order chi connectivity index (χ0) is 17.2. The molecule has 1 atom stereocenters. The number of nitrogens with one attached hydrogen (secondary N) is 2. The molecule has 1 aromatic rings. The van der Waals surface area contributed by atoms with Gasteiger partial charge in [-0.25, -0.2) is 4.39 Å². The minimum Gasteiger partial charge on any atom is -0.489 e. The Kier molecular flexibility index (Phi) is 7.55. The summed E-state index contributed by atoms with van der Waals surface area (Å²) >= 11 is 0. The van der Waals surface area contributed by atoms with E-state index in [1.54, 1.807) is 19.2 Å². The summed E-state index contributed by atoms with van der Waals surface area (Å²) < 4.78 is 24.1. The second-order valence-corrected chi connectivity index (χ2v) is 5.70. The molecule has 0 spiro atoms. The Balaban J connectivity index is 1.67. The van der Waals surface area contributed by atoms with Gasteiger partial charge in [0, 0.05) is 19.7 Å². The van der Waals surface area contributed by atoms with Crippen LogP contribution in [0.25, 0.3) is 0 Å². The largest absolute Gasteiger partial charge is 0.489 e. The van der Waals surface area contributed by atoms with E-state index in [9.17, 15) is 4.39 Å². The highest BCUT2D eigenvalue weighted by molar-refractivity contribution is 5.79. The van der Waals surface area contributed by atoms with Crippen molar-refractivity contribution < 1.29 is 13.9 Å². The minimum atomic E-state index is -0.299. The van der Waals surface area contributed by atoms with E-state index >= 15 is 0 Å². The molecule has 0 radical (unpaired) electrons. The molecule has 24 heavy (non-hydrogen) atoms. The molecule has 5 nitrogen and oxygen atoms in total. The highest BCUT2D eigenvalue weighted by Crippen LogP contribution is 2.13. The van der Waals surface area contributed by atoms with Gasteiger partial charge in [-0.15, -0.1) is 0 Å². The summed E-state index contributed by atoms with van der Waals surface area (Å²) in [6, 6.07) is 6.16. The molecule has 6 heteroatoms. The van der Waals surface area contributed by atoms with Gasteiger partial charge in [0.05, 0.1) is 19.8 Å². The highest BCUT2D eigenvalue weighted by Gasteiger charge is 2.07. The Bertz CT molecular complexity index is 575. The van der Waals surface area contributed by atoms with Crippen molar-refractivity contribution in [3.63, 3.8) is 0 Å². The smallest absolute Gasteiger partial charge is 0.191 e. The molecule has 2 N–H and O–H groups in total. The predicted octanol–water partition coefficient (Wildman–Crippen LogP) is 2.49. The molecule has 1 aliphatic rings. The average Bonchev–Trinajstić information content (AvgIpc) is 2.59. The minimum absolute atomic E-state index is 0.108. The summed E-state index contributed by atoms with van der Waals surface area (Å²) in [5, 5.41) is 6.50. The van der Waals surface area contributed by atoms with Gasteiger partial charge < -0.3 is 20.1 Å². The molecule has 0 saturated carbocycles. The number of ether oxygens (including phenoxy) is 2. The number of guanidine groups is 1. The molecule has 0 bridgehead atoms. The van der Waals surface area contributed by atoms with E-state index in [0.717, 1.165) is 38.6 Å². The number of rotatable bonds is 7. The molecule has 1 aliphatic heterocycles. The quantitative estimate of drug-likeness (QED) is 0.457. The second kappa shape index (κ2) is 9.93. The monoisotopic (exact) mass is 335 g/mol. The van der Waals surface area contributed by atoms with Crippen LogP contribution in [0.4, 0.5) is 4.39 Å². The zero-order valence-corrected chi connectivity index (χ0v) is 14.3. The molecule has 132 valence electrons. The summed E-state index contributed by atoms with van der Waals surface area (Å²) in [6.45, 7) is 4.86. The van der Waals surface area contributed by atoms with Crippen molar-refractivity contribution in [1.82, 2.24) is 10.6 Å². The Hall–Kier alpha value is -2.08. The van der Waals surface area contributed by atoms with Crippen molar-refractivity contribution in [2.75, 3.05) is 33.4 Å². The first-order chi connectivity index (χ1) is 11.7. The van der Waals surface area contributed by atoms with Crippen LogP contribution in [0.1, 0.15) is 19.8 Å². The summed E-state index contributed by atoms with van der Waals surface area (Å²) in [5.41, 5.74) is 1.42. The third-order valence-electron chi connectivity index (χ3n) is 3.71. The summed E-state index contributed by atoms with van der Waals surface area (Å²) in [5.74, 6) is 0.962. The standard InChI is InChI=1S/C18H26FN3O2/c1-14(24-17-5-3-4-16(19)12-17)13-22-18(20-2)21-9-6-15-7-10-23-11-8-15/h3-5,7,12,14H,6,8-11,13H2,1-2H3,(H2,20,21,22). The lowest BCUT2D eigenvalue weighted by atomic mass is 10.1. The number of aliphatic imine (C=N–C) groups is 1. The summed E-state index contributed by atoms with van der Waals surface area (Å²) in [6.07, 6.45) is 4.03. The molecular formula is C18H26FN3O2. The molecule has 0 saturated heterocycles. The van der Waals surface area contributed by atoms with Crippen LogP contribution in [0, 0.1) is 5.82 Å². The van der Waals surface area contributed by atoms with E-state index in [4.69, 9.17) is 9.47 Å². The fourth-order valence-corrected chi connectivity index (χ4v) is 2.41. The van der Waals surface area contributed by atoms with Gasteiger partial charge in [0.2, 0.25) is 0 Å². The van der Waals surface area contributed by atoms with Gasteiger partial charge in [0.15, 0.2) is 5.96 Å². The average molecular weight is 335 g/mol. The van der Waals surface area contributed by atoms with E-state index in [0.29, 0.717) is 12.3 Å². The maximum atomic E-state index is 13.1. The molecule has 2 rings (SSSR count). The Labute approximate surface area is 143 Å². The Morgan fingerprint density at radius 3 is 3.00 bits per heavy atom. The number of hydrogen-bond donors (Lipinski definition) is 2. The number of hydrogen-bond acceptors (Lipinski definition) is 3. The first kappa shape index (κ1) is 18.3. The van der Waals surface area contributed by atoms with Crippen LogP contribution in [0.5, 0.6) is 5.75 Å². The van der Waals surface area contributed by atoms with Crippen molar-refractivity contribution in [1.29, 1.82) is 0 Å². The first-order valence-electron chi connectivity index (χ1n) is 8.30. The third-order valence-corrected chi connectivity index (χ3v) is 3.71. The molecule has 0 amide bonds. The van der Waals surface area contributed by atoms with Crippen molar-refractivity contribution in [2.45, 2.75) is 25.9 Å². The van der Waals surface area contributed by atoms with E-state index < -0.39 is 0 Å². The maximum Gasteiger partial charge on any atom is 0.191 e. The predicted molar refractivity (Wildman–Crippen MR) is 94.0 cm³/mol. The van der Waals surface area contributed by atoms with Gasteiger partial charge in [0.25, 0.3) is 0 Å². The van der Waals surface area contributed by atoms with Crippen LogP contribution in [0.2, 0.25) is 0 Å². The normalized spacial score (nSPS) is 16.3. The van der Waals surface area contributed by atoms with Gasteiger partial charge in [-0.1, -0.05) is 17.7 Å². The fraction of sp³-hybridized carbons (Fsp3) is 0.500. The Morgan fingerprint density at radius 2 is 2.29 bits per heavy atom. The third kappa shape index (κ3) is 6.58. The summed E-state index contributed by atoms with van der Waals surface area (Å²) in [7, 11) is 1.74. The molecule has 0 fully saturated rings. The van der Waals surface area contributed by atoms with Crippen LogP contribution in [0.15, 0.2) is 40.9 Å². The van der Waals surface area contributed by atoms with Crippen molar-refractivity contribution >= 4 is 5.96 Å². The lowest BCUT2D eigenvalue weighted by Gasteiger charge is -2.18. The van der Waals surface area contributed by atoms with E-state index in [-0.39, 0.29) is 11.9 Å². The van der Waals surface area contributed by atoms with Gasteiger partial charge >= 0.3 is 0 Å². The van der Waals surface area contributed by atoms with E-state index in [1.165, 1.54) is 17.7 Å². The molecular weight excluding hydrogens is 309 g/mol. The van der Waals surface area contributed by atoms with E-state index in [2.05, 4.69) is 21.7 Å². The van der Waals surface area contributed by atoms with Crippen LogP contribution >= 0.6 is 0 Å². The van der Waals surface area contributed by atoms with Gasteiger partial charge in [-0.2, -0.15) is 0 Å². The van der Waals surface area contributed by atoms with Crippen molar-refractivity contribution in [2.24, 2.45) is 4.99 Å². The van der Waals surface area contributed by atoms with Crippen molar-refractivity contribution in [3.05, 3.63) is 41.7 Å². The number of halogens is 1. The second-order valence-electron chi connectivity index (χ2n) is 5.70. The summed E-state index contributed by atoms with van der Waals surface area (Å²) in [4.78, 5) is 4.20. The molecule has 0 aliphatic carbocycles. The Morgan fingerprint density at radius 1 is 1.42 bits per heavy atom. The van der Waals surface area contributed by atoms with Gasteiger partial charge in [0.1, 0.15) is 17.7 Å². The van der Waals surface area contributed by atoms with Crippen LogP contribution < -0.4 is 15.4 Å². The zero-order valence-electron chi connectivity index (χ0n) is 14.3. The van der Waals surface area contributed by atoms with Gasteiger partial charge in [-0.05, 0) is 31.9 Å². The molecule has 1 aromatic carbocycles. The van der Waals surface area contributed by atoms with Crippen LogP contribution in [-0.4, -0.2) is 45.4 Å². The number of benzene rings is 1. The lowest BCUT2D eigenvalue weighted by Crippen LogP contribution is -2.42. The first-order valence-corrected chi connectivity index (χ1v) is 8.30. The molecule has 1 unspecified atom stereocenters. The van der Waals surface area contributed by atoms with Crippen LogP contribution in [0.3, 0.4) is 0 Å². The molecule has 1 heterocycles. The highest BCUT2D eigenvalue weighted by atomic mass is 19.1. The topological polar surface area (TPSA) is 54.9 Å². The lowest BCUT2D eigenvalue weighted by molar-refractivity contribution is 0.153. The molecule has 0 aromatic heterocycles.